The Balaban J connectivity index is 1.58. The molecule has 1 aromatic rings. The number of hydrogen-bond donors (Lipinski definition) is 0. The third-order valence-electron chi connectivity index (χ3n) is 4.99. The first kappa shape index (κ1) is 14.7. The summed E-state index contributed by atoms with van der Waals surface area (Å²) in [5.41, 5.74) is 2.14. The van der Waals surface area contributed by atoms with Crippen LogP contribution < -0.4 is 0 Å². The fourth-order valence-electron chi connectivity index (χ4n) is 3.24. The van der Waals surface area contributed by atoms with Gasteiger partial charge < -0.3 is 0 Å². The van der Waals surface area contributed by atoms with Crippen molar-refractivity contribution in [1.82, 2.24) is 9.80 Å². The van der Waals surface area contributed by atoms with E-state index < -0.39 is 0 Å². The second-order valence-electron chi connectivity index (χ2n) is 6.39. The van der Waals surface area contributed by atoms with Gasteiger partial charge in [0.2, 0.25) is 0 Å². The van der Waals surface area contributed by atoms with E-state index in [4.69, 9.17) is 0 Å². The van der Waals surface area contributed by atoms with Crippen molar-refractivity contribution in [1.29, 1.82) is 0 Å². The maximum absolute atomic E-state index is 12.6. The molecular weight excluding hydrogens is 260 g/mol. The van der Waals surface area contributed by atoms with Crippen LogP contribution in [0.4, 0.5) is 0 Å². The second-order valence-corrected chi connectivity index (χ2v) is 6.39. The van der Waals surface area contributed by atoms with E-state index in [9.17, 15) is 4.79 Å². The number of hydrogen-bond acceptors (Lipinski definition) is 3. The fourth-order valence-corrected chi connectivity index (χ4v) is 3.24. The zero-order valence-electron chi connectivity index (χ0n) is 13.2. The molecule has 1 aromatic carbocycles. The molecule has 0 bridgehead atoms. The molecule has 0 amide bonds. The average molecular weight is 286 g/mol. The molecule has 0 spiro atoms. The van der Waals surface area contributed by atoms with E-state index in [1.165, 1.54) is 18.4 Å². The summed E-state index contributed by atoms with van der Waals surface area (Å²) in [6.07, 6.45) is 3.77. The number of ketones is 1. The molecule has 2 fully saturated rings. The van der Waals surface area contributed by atoms with Crippen LogP contribution in [-0.2, 0) is 6.42 Å². The predicted octanol–water partition coefficient (Wildman–Crippen LogP) is 2.60. The minimum atomic E-state index is -0.00108. The van der Waals surface area contributed by atoms with Crippen molar-refractivity contribution < 1.29 is 4.79 Å². The van der Waals surface area contributed by atoms with E-state index in [1.807, 2.05) is 12.1 Å². The number of carbonyl (C=O) groups is 1. The van der Waals surface area contributed by atoms with Crippen LogP contribution in [-0.4, -0.2) is 53.8 Å². The molecule has 3 rings (SSSR count). The summed E-state index contributed by atoms with van der Waals surface area (Å²) in [4.78, 5) is 17.5. The highest BCUT2D eigenvalue weighted by Crippen LogP contribution is 2.27. The van der Waals surface area contributed by atoms with Crippen molar-refractivity contribution in [2.24, 2.45) is 0 Å². The Morgan fingerprint density at radius 2 is 1.76 bits per heavy atom. The number of piperazine rings is 1. The first-order valence-electron chi connectivity index (χ1n) is 8.30. The van der Waals surface area contributed by atoms with E-state index in [1.54, 1.807) is 0 Å². The second kappa shape index (κ2) is 6.29. The molecule has 1 aliphatic carbocycles. The zero-order valence-corrected chi connectivity index (χ0v) is 13.2. The van der Waals surface area contributed by atoms with Gasteiger partial charge in [-0.05, 0) is 31.7 Å². The molecule has 0 radical (unpaired) electrons. The summed E-state index contributed by atoms with van der Waals surface area (Å²) >= 11 is 0. The van der Waals surface area contributed by atoms with Gasteiger partial charge in [0.1, 0.15) is 0 Å². The zero-order chi connectivity index (χ0) is 14.8. The smallest absolute Gasteiger partial charge is 0.179 e. The first-order chi connectivity index (χ1) is 10.2. The lowest BCUT2D eigenvalue weighted by atomic mass is 10.0. The van der Waals surface area contributed by atoms with Crippen LogP contribution in [0.3, 0.4) is 0 Å². The molecule has 0 aromatic heterocycles. The lowest BCUT2D eigenvalue weighted by molar-refractivity contribution is 0.0687. The number of Topliss-reactive ketones (excluding diaryl/α,β-unsaturated/α-hetero) is 1. The maximum Gasteiger partial charge on any atom is 0.179 e. The Kier molecular flexibility index (Phi) is 4.41. The van der Waals surface area contributed by atoms with Crippen molar-refractivity contribution in [3.8, 4) is 0 Å². The molecular formula is C18H26N2O. The van der Waals surface area contributed by atoms with E-state index in [0.717, 1.165) is 44.2 Å². The Bertz CT molecular complexity index is 484. The van der Waals surface area contributed by atoms with Crippen molar-refractivity contribution in [2.45, 2.75) is 45.2 Å². The number of carbonyl (C=O) groups excluding carboxylic acids is 1. The van der Waals surface area contributed by atoms with Gasteiger partial charge in [-0.25, -0.2) is 0 Å². The van der Waals surface area contributed by atoms with Gasteiger partial charge in [-0.2, -0.15) is 0 Å². The third kappa shape index (κ3) is 3.35. The highest BCUT2D eigenvalue weighted by molar-refractivity contribution is 5.99. The molecule has 0 N–H and O–H groups in total. The molecule has 2 aliphatic rings. The van der Waals surface area contributed by atoms with Crippen LogP contribution >= 0.6 is 0 Å². The quantitative estimate of drug-likeness (QED) is 0.777. The van der Waals surface area contributed by atoms with Crippen LogP contribution in [0.15, 0.2) is 24.3 Å². The Hall–Kier alpha value is -1.19. The molecule has 21 heavy (non-hydrogen) atoms. The topological polar surface area (TPSA) is 23.6 Å². The third-order valence-corrected chi connectivity index (χ3v) is 4.99. The van der Waals surface area contributed by atoms with Crippen LogP contribution in [0.1, 0.15) is 42.6 Å². The van der Waals surface area contributed by atoms with Crippen LogP contribution in [0.5, 0.6) is 0 Å². The SMILES string of the molecule is CCc1ccc(C(=O)C(C)N2CCN(C3CC3)CC2)cc1. The summed E-state index contributed by atoms with van der Waals surface area (Å²) in [5, 5.41) is 0. The van der Waals surface area contributed by atoms with Gasteiger partial charge >= 0.3 is 0 Å². The van der Waals surface area contributed by atoms with Gasteiger partial charge in [0.25, 0.3) is 0 Å². The maximum atomic E-state index is 12.6. The van der Waals surface area contributed by atoms with Crippen molar-refractivity contribution >= 4 is 5.78 Å². The first-order valence-corrected chi connectivity index (χ1v) is 8.30. The molecule has 114 valence electrons. The normalized spacial score (nSPS) is 22.2. The van der Waals surface area contributed by atoms with Gasteiger partial charge in [0.05, 0.1) is 6.04 Å². The molecule has 1 saturated heterocycles. The van der Waals surface area contributed by atoms with Gasteiger partial charge in [0, 0.05) is 37.8 Å². The summed E-state index contributed by atoms with van der Waals surface area (Å²) < 4.78 is 0. The Morgan fingerprint density at radius 3 is 2.29 bits per heavy atom. The molecule has 1 heterocycles. The Morgan fingerprint density at radius 1 is 1.14 bits per heavy atom. The molecule has 3 heteroatoms. The van der Waals surface area contributed by atoms with Gasteiger partial charge in [0.15, 0.2) is 5.78 Å². The fraction of sp³-hybridized carbons (Fsp3) is 0.611. The van der Waals surface area contributed by atoms with Crippen LogP contribution in [0, 0.1) is 0 Å². The van der Waals surface area contributed by atoms with Crippen molar-refractivity contribution in [3.05, 3.63) is 35.4 Å². The van der Waals surface area contributed by atoms with Gasteiger partial charge in [-0.1, -0.05) is 31.2 Å². The Labute approximate surface area is 127 Å². The summed E-state index contributed by atoms with van der Waals surface area (Å²) in [6, 6.07) is 8.96. The lowest BCUT2D eigenvalue weighted by Gasteiger charge is -2.37. The van der Waals surface area contributed by atoms with E-state index >= 15 is 0 Å². The van der Waals surface area contributed by atoms with Crippen molar-refractivity contribution in [3.63, 3.8) is 0 Å². The molecule has 1 saturated carbocycles. The molecule has 1 unspecified atom stereocenters. The number of benzene rings is 1. The van der Waals surface area contributed by atoms with E-state index in [0.29, 0.717) is 0 Å². The summed E-state index contributed by atoms with van der Waals surface area (Å²) in [6.45, 7) is 8.49. The highest BCUT2D eigenvalue weighted by Gasteiger charge is 2.33. The molecule has 1 aliphatic heterocycles. The minimum absolute atomic E-state index is 0.00108. The summed E-state index contributed by atoms with van der Waals surface area (Å²) in [5.74, 6) is 0.262. The van der Waals surface area contributed by atoms with Crippen LogP contribution in [0.2, 0.25) is 0 Å². The monoisotopic (exact) mass is 286 g/mol. The average Bonchev–Trinajstić information content (AvgIpc) is 3.39. The minimum Gasteiger partial charge on any atom is -0.298 e. The van der Waals surface area contributed by atoms with E-state index in [2.05, 4.69) is 35.8 Å². The molecule has 1 atom stereocenters. The van der Waals surface area contributed by atoms with Gasteiger partial charge in [-0.3, -0.25) is 14.6 Å². The van der Waals surface area contributed by atoms with Gasteiger partial charge in [-0.15, -0.1) is 0 Å². The van der Waals surface area contributed by atoms with Crippen molar-refractivity contribution in [2.75, 3.05) is 26.2 Å². The highest BCUT2D eigenvalue weighted by atomic mass is 16.1. The number of nitrogens with zero attached hydrogens (tertiary/aromatic N) is 2. The number of aryl methyl sites for hydroxylation is 1. The largest absolute Gasteiger partial charge is 0.298 e. The number of rotatable bonds is 5. The predicted molar refractivity (Wildman–Crippen MR) is 85.8 cm³/mol. The summed E-state index contributed by atoms with van der Waals surface area (Å²) in [7, 11) is 0. The standard InChI is InChI=1S/C18H26N2O/c1-3-15-4-6-16(7-5-15)18(21)14(2)19-10-12-20(13-11-19)17-8-9-17/h4-7,14,17H,3,8-13H2,1-2H3. The molecule has 3 nitrogen and oxygen atoms in total. The lowest BCUT2D eigenvalue weighted by Crippen LogP contribution is -2.52. The van der Waals surface area contributed by atoms with E-state index in [-0.39, 0.29) is 11.8 Å². The van der Waals surface area contributed by atoms with Crippen LogP contribution in [0.25, 0.3) is 0 Å².